The predicted octanol–water partition coefficient (Wildman–Crippen LogP) is 3.55. The van der Waals surface area contributed by atoms with Gasteiger partial charge >= 0.3 is 0 Å². The topological polar surface area (TPSA) is 63.2 Å². The zero-order chi connectivity index (χ0) is 16.8. The number of halogens is 2. The van der Waals surface area contributed by atoms with Gasteiger partial charge in [0, 0.05) is 24.8 Å². The predicted molar refractivity (Wildman–Crippen MR) is 92.8 cm³/mol. The number of anilines is 1. The van der Waals surface area contributed by atoms with Crippen LogP contribution in [0.3, 0.4) is 0 Å². The van der Waals surface area contributed by atoms with Crippen molar-refractivity contribution in [2.75, 3.05) is 25.5 Å². The Balaban J connectivity index is 1.85. The van der Waals surface area contributed by atoms with Gasteiger partial charge in [-0.15, -0.1) is 0 Å². The molecule has 1 heterocycles. The minimum absolute atomic E-state index is 0.166. The molecule has 0 radical (unpaired) electrons. The Hall–Kier alpha value is -1.98. The Morgan fingerprint density at radius 3 is 2.74 bits per heavy atom. The molecule has 2 rings (SSSR count). The van der Waals surface area contributed by atoms with Gasteiger partial charge in [-0.25, -0.2) is 4.98 Å². The number of rotatable bonds is 6. The van der Waals surface area contributed by atoms with Crippen molar-refractivity contribution in [2.45, 2.75) is 6.92 Å². The van der Waals surface area contributed by atoms with E-state index < -0.39 is 0 Å². The van der Waals surface area contributed by atoms with Crippen molar-refractivity contribution in [2.24, 2.45) is 0 Å². The van der Waals surface area contributed by atoms with E-state index in [0.29, 0.717) is 40.3 Å². The molecular formula is C16H17Cl2N3O2. The zero-order valence-corrected chi connectivity index (χ0v) is 14.3. The van der Waals surface area contributed by atoms with E-state index in [2.05, 4.69) is 15.6 Å². The zero-order valence-electron chi connectivity index (χ0n) is 12.8. The fourth-order valence-electron chi connectivity index (χ4n) is 1.96. The van der Waals surface area contributed by atoms with E-state index >= 15 is 0 Å². The molecule has 0 saturated heterocycles. The van der Waals surface area contributed by atoms with Crippen LogP contribution in [-0.4, -0.2) is 31.1 Å². The summed E-state index contributed by atoms with van der Waals surface area (Å²) in [5, 5.41) is 6.77. The van der Waals surface area contributed by atoms with Crippen LogP contribution in [0.2, 0.25) is 10.0 Å². The lowest BCUT2D eigenvalue weighted by atomic mass is 10.1. The van der Waals surface area contributed by atoms with Crippen molar-refractivity contribution in [1.29, 1.82) is 0 Å². The van der Waals surface area contributed by atoms with Crippen LogP contribution in [0.15, 0.2) is 30.5 Å². The summed E-state index contributed by atoms with van der Waals surface area (Å²) in [7, 11) is 1.58. The summed E-state index contributed by atoms with van der Waals surface area (Å²) in [6, 6.07) is 6.94. The average molecular weight is 354 g/mol. The summed E-state index contributed by atoms with van der Waals surface area (Å²) >= 11 is 11.8. The first kappa shape index (κ1) is 17.4. The number of hydrogen-bond acceptors (Lipinski definition) is 4. The Bertz CT molecular complexity index is 708. The molecule has 23 heavy (non-hydrogen) atoms. The highest BCUT2D eigenvalue weighted by atomic mass is 35.5. The van der Waals surface area contributed by atoms with Gasteiger partial charge in [0.25, 0.3) is 5.91 Å². The van der Waals surface area contributed by atoms with Crippen LogP contribution in [0.5, 0.6) is 5.75 Å². The first-order chi connectivity index (χ1) is 11.0. The number of aromatic nitrogens is 1. The lowest BCUT2D eigenvalue weighted by Gasteiger charge is -2.10. The third-order valence-electron chi connectivity index (χ3n) is 3.18. The van der Waals surface area contributed by atoms with Gasteiger partial charge in [-0.05, 0) is 30.7 Å². The number of amides is 1. The van der Waals surface area contributed by atoms with Crippen LogP contribution in [-0.2, 0) is 0 Å². The highest BCUT2D eigenvalue weighted by Crippen LogP contribution is 2.22. The van der Waals surface area contributed by atoms with Crippen LogP contribution in [0.1, 0.15) is 15.9 Å². The number of hydrogen-bond donors (Lipinski definition) is 2. The second kappa shape index (κ2) is 8.04. The van der Waals surface area contributed by atoms with E-state index in [0.717, 1.165) is 5.56 Å². The van der Waals surface area contributed by atoms with Crippen LogP contribution >= 0.6 is 23.2 Å². The lowest BCUT2D eigenvalue weighted by molar-refractivity contribution is 0.0955. The van der Waals surface area contributed by atoms with Crippen molar-refractivity contribution in [3.63, 3.8) is 0 Å². The molecular weight excluding hydrogens is 337 g/mol. The van der Waals surface area contributed by atoms with Gasteiger partial charge in [0.1, 0.15) is 11.6 Å². The molecule has 0 unspecified atom stereocenters. The summed E-state index contributed by atoms with van der Waals surface area (Å²) in [6.07, 6.45) is 1.51. The van der Waals surface area contributed by atoms with Gasteiger partial charge in [-0.3, -0.25) is 4.79 Å². The van der Waals surface area contributed by atoms with Crippen LogP contribution in [0.4, 0.5) is 5.82 Å². The summed E-state index contributed by atoms with van der Waals surface area (Å²) in [5.41, 5.74) is 1.53. The van der Waals surface area contributed by atoms with Crippen LogP contribution in [0.25, 0.3) is 0 Å². The van der Waals surface area contributed by atoms with Gasteiger partial charge in [-0.1, -0.05) is 29.3 Å². The molecule has 1 aromatic carbocycles. The number of ether oxygens (including phenoxy) is 1. The number of carbonyl (C=O) groups excluding carboxylic acids is 1. The molecule has 2 aromatic rings. The molecule has 0 spiro atoms. The molecule has 2 N–H and O–H groups in total. The highest BCUT2D eigenvalue weighted by Gasteiger charge is 2.08. The second-order valence-corrected chi connectivity index (χ2v) is 5.69. The molecule has 7 heteroatoms. The summed E-state index contributed by atoms with van der Waals surface area (Å²) < 4.78 is 5.22. The van der Waals surface area contributed by atoms with Gasteiger partial charge in [0.05, 0.1) is 17.2 Å². The normalized spacial score (nSPS) is 10.3. The van der Waals surface area contributed by atoms with E-state index in [4.69, 9.17) is 27.9 Å². The van der Waals surface area contributed by atoms with Crippen molar-refractivity contribution in [3.8, 4) is 5.75 Å². The van der Waals surface area contributed by atoms with Gasteiger partial charge in [-0.2, -0.15) is 0 Å². The van der Waals surface area contributed by atoms with E-state index in [1.165, 1.54) is 6.20 Å². The number of nitrogens with zero attached hydrogens (tertiary/aromatic N) is 1. The number of aryl methyl sites for hydroxylation is 1. The van der Waals surface area contributed by atoms with Crippen LogP contribution < -0.4 is 15.4 Å². The molecule has 5 nitrogen and oxygen atoms in total. The monoisotopic (exact) mass is 353 g/mol. The Morgan fingerprint density at radius 1 is 1.26 bits per heavy atom. The maximum Gasteiger partial charge on any atom is 0.251 e. The molecule has 0 aliphatic rings. The number of pyridine rings is 1. The van der Waals surface area contributed by atoms with Gasteiger partial charge in [0.15, 0.2) is 0 Å². The molecule has 0 aliphatic heterocycles. The van der Waals surface area contributed by atoms with E-state index in [9.17, 15) is 4.79 Å². The second-order valence-electron chi connectivity index (χ2n) is 4.85. The number of benzene rings is 1. The molecule has 0 bridgehead atoms. The Labute approximate surface area is 145 Å². The third kappa shape index (κ3) is 4.74. The van der Waals surface area contributed by atoms with Gasteiger partial charge in [0.2, 0.25) is 0 Å². The Morgan fingerprint density at radius 2 is 2.04 bits per heavy atom. The third-order valence-corrected chi connectivity index (χ3v) is 3.68. The molecule has 0 aliphatic carbocycles. The van der Waals surface area contributed by atoms with Crippen molar-refractivity contribution >= 4 is 34.9 Å². The number of nitrogens with one attached hydrogen (secondary N) is 2. The molecule has 0 fully saturated rings. The SMILES string of the molecule is COc1cc(C(=O)NCCNc2ncc(Cl)cc2Cl)ccc1C. The molecule has 122 valence electrons. The smallest absolute Gasteiger partial charge is 0.251 e. The fraction of sp³-hybridized carbons (Fsp3) is 0.250. The van der Waals surface area contributed by atoms with E-state index in [1.807, 2.05) is 13.0 Å². The minimum Gasteiger partial charge on any atom is -0.496 e. The number of methoxy groups -OCH3 is 1. The molecule has 0 atom stereocenters. The first-order valence-corrected chi connectivity index (χ1v) is 7.74. The summed E-state index contributed by atoms with van der Waals surface area (Å²) in [6.45, 7) is 2.84. The largest absolute Gasteiger partial charge is 0.496 e. The Kier molecular flexibility index (Phi) is 6.07. The minimum atomic E-state index is -0.166. The van der Waals surface area contributed by atoms with Crippen molar-refractivity contribution < 1.29 is 9.53 Å². The maximum atomic E-state index is 12.1. The van der Waals surface area contributed by atoms with Crippen molar-refractivity contribution in [1.82, 2.24) is 10.3 Å². The standard InChI is InChI=1S/C16H17Cl2N3O2/c1-10-3-4-11(7-14(10)23-2)16(22)20-6-5-19-15-13(18)8-12(17)9-21-15/h3-4,7-9H,5-6H2,1-2H3,(H,19,21)(H,20,22). The molecule has 0 saturated carbocycles. The van der Waals surface area contributed by atoms with E-state index in [1.54, 1.807) is 25.3 Å². The quantitative estimate of drug-likeness (QED) is 0.779. The van der Waals surface area contributed by atoms with E-state index in [-0.39, 0.29) is 5.91 Å². The first-order valence-electron chi connectivity index (χ1n) is 6.99. The molecule has 1 amide bonds. The lowest BCUT2D eigenvalue weighted by Crippen LogP contribution is -2.29. The summed E-state index contributed by atoms with van der Waals surface area (Å²) in [4.78, 5) is 16.2. The van der Waals surface area contributed by atoms with Crippen LogP contribution in [0, 0.1) is 6.92 Å². The maximum absolute atomic E-state index is 12.1. The summed E-state index contributed by atoms with van der Waals surface area (Å²) in [5.74, 6) is 1.05. The highest BCUT2D eigenvalue weighted by molar-refractivity contribution is 6.35. The fourth-order valence-corrected chi connectivity index (χ4v) is 2.41. The molecule has 1 aromatic heterocycles. The van der Waals surface area contributed by atoms with Gasteiger partial charge < -0.3 is 15.4 Å². The van der Waals surface area contributed by atoms with Crippen molar-refractivity contribution in [3.05, 3.63) is 51.6 Å². The number of carbonyl (C=O) groups is 1. The average Bonchev–Trinajstić information content (AvgIpc) is 2.53.